The smallest absolute Gasteiger partial charge is 0.335 e. The molecule has 1 aromatic carbocycles. The maximum atomic E-state index is 12.3. The average Bonchev–Trinajstić information content (AvgIpc) is 2.59. The first-order chi connectivity index (χ1) is 12.2. The van der Waals surface area contributed by atoms with Gasteiger partial charge in [-0.1, -0.05) is 12.1 Å². The molecule has 2 amide bonds. The summed E-state index contributed by atoms with van der Waals surface area (Å²) in [5, 5.41) is 11.5. The van der Waals surface area contributed by atoms with Crippen LogP contribution < -0.4 is 5.32 Å². The van der Waals surface area contributed by atoms with Gasteiger partial charge in [-0.15, -0.1) is 0 Å². The van der Waals surface area contributed by atoms with Gasteiger partial charge in [-0.3, -0.25) is 9.59 Å². The summed E-state index contributed by atoms with van der Waals surface area (Å²) in [6, 6.07) is 5.54. The molecule has 1 aromatic rings. The van der Waals surface area contributed by atoms with Crippen LogP contribution in [0, 0.1) is 0 Å². The van der Waals surface area contributed by atoms with Gasteiger partial charge >= 0.3 is 5.97 Å². The van der Waals surface area contributed by atoms with Crippen LogP contribution in [0.5, 0.6) is 0 Å². The van der Waals surface area contributed by atoms with Gasteiger partial charge in [0.15, 0.2) is 9.84 Å². The zero-order chi connectivity index (χ0) is 19.3. The number of carboxylic acids is 1. The molecule has 9 heteroatoms. The monoisotopic (exact) mass is 382 g/mol. The summed E-state index contributed by atoms with van der Waals surface area (Å²) in [4.78, 5) is 36.6. The van der Waals surface area contributed by atoms with Crippen LogP contribution in [-0.4, -0.2) is 66.8 Å². The van der Waals surface area contributed by atoms with Crippen molar-refractivity contribution in [3.8, 4) is 0 Å². The number of sulfone groups is 1. The molecular weight excluding hydrogens is 360 g/mol. The SMILES string of the molecule is CC(NC(=O)CCc1ccc(C(=O)O)cc1)C(=O)N1CCS(=O)(=O)CC1. The highest BCUT2D eigenvalue weighted by molar-refractivity contribution is 7.91. The normalized spacial score (nSPS) is 17.3. The Balaban J connectivity index is 1.79. The second-order valence-electron chi connectivity index (χ2n) is 6.27. The summed E-state index contributed by atoms with van der Waals surface area (Å²) in [6.45, 7) is 1.87. The van der Waals surface area contributed by atoms with Crippen LogP contribution in [0.25, 0.3) is 0 Å². The molecule has 1 fully saturated rings. The second kappa shape index (κ2) is 8.31. The average molecular weight is 382 g/mol. The number of benzene rings is 1. The zero-order valence-electron chi connectivity index (χ0n) is 14.5. The fraction of sp³-hybridized carbons (Fsp3) is 0.471. The van der Waals surface area contributed by atoms with Crippen LogP contribution in [0.1, 0.15) is 29.3 Å². The number of rotatable bonds is 6. The second-order valence-corrected chi connectivity index (χ2v) is 8.57. The predicted octanol–water partition coefficient (Wildman–Crippen LogP) is 0.0791. The Morgan fingerprint density at radius 2 is 1.73 bits per heavy atom. The number of carboxylic acid groups (broad SMARTS) is 1. The van der Waals surface area contributed by atoms with Crippen LogP contribution in [0.3, 0.4) is 0 Å². The van der Waals surface area contributed by atoms with Crippen molar-refractivity contribution in [1.29, 1.82) is 0 Å². The van der Waals surface area contributed by atoms with Crippen molar-refractivity contribution in [2.75, 3.05) is 24.6 Å². The van der Waals surface area contributed by atoms with Gasteiger partial charge in [-0.2, -0.15) is 0 Å². The van der Waals surface area contributed by atoms with Gasteiger partial charge in [0.2, 0.25) is 11.8 Å². The molecule has 26 heavy (non-hydrogen) atoms. The van der Waals surface area contributed by atoms with Gasteiger partial charge in [0.1, 0.15) is 6.04 Å². The minimum absolute atomic E-state index is 0.0499. The van der Waals surface area contributed by atoms with Crippen molar-refractivity contribution in [3.05, 3.63) is 35.4 Å². The van der Waals surface area contributed by atoms with Crippen molar-refractivity contribution < 1.29 is 27.9 Å². The highest BCUT2D eigenvalue weighted by Crippen LogP contribution is 2.08. The van der Waals surface area contributed by atoms with Crippen molar-refractivity contribution in [1.82, 2.24) is 10.2 Å². The van der Waals surface area contributed by atoms with E-state index in [0.717, 1.165) is 5.56 Å². The number of nitrogens with one attached hydrogen (secondary N) is 1. The zero-order valence-corrected chi connectivity index (χ0v) is 15.3. The Labute approximate surface area is 152 Å². The molecule has 1 aliphatic heterocycles. The van der Waals surface area contributed by atoms with E-state index in [1.807, 2.05) is 0 Å². The van der Waals surface area contributed by atoms with Crippen LogP contribution in [0.2, 0.25) is 0 Å². The van der Waals surface area contributed by atoms with Crippen molar-refractivity contribution in [3.63, 3.8) is 0 Å². The molecule has 2 rings (SSSR count). The highest BCUT2D eigenvalue weighted by Gasteiger charge is 2.28. The summed E-state index contributed by atoms with van der Waals surface area (Å²) < 4.78 is 22.8. The third-order valence-electron chi connectivity index (χ3n) is 4.25. The Bertz CT molecular complexity index is 774. The Morgan fingerprint density at radius 1 is 1.15 bits per heavy atom. The van der Waals surface area contributed by atoms with Crippen LogP contribution in [-0.2, 0) is 25.8 Å². The van der Waals surface area contributed by atoms with Crippen molar-refractivity contribution in [2.45, 2.75) is 25.8 Å². The number of hydrogen-bond donors (Lipinski definition) is 2. The maximum Gasteiger partial charge on any atom is 0.335 e. The first-order valence-electron chi connectivity index (χ1n) is 8.29. The van der Waals surface area contributed by atoms with E-state index in [2.05, 4.69) is 5.32 Å². The summed E-state index contributed by atoms with van der Waals surface area (Å²) in [5.41, 5.74) is 1.01. The van der Waals surface area contributed by atoms with Crippen LogP contribution in [0.15, 0.2) is 24.3 Å². The summed E-state index contributed by atoms with van der Waals surface area (Å²) >= 11 is 0. The molecule has 1 atom stereocenters. The molecule has 1 saturated heterocycles. The van der Waals surface area contributed by atoms with E-state index in [9.17, 15) is 22.8 Å². The Hall–Kier alpha value is -2.42. The molecule has 8 nitrogen and oxygen atoms in total. The Morgan fingerprint density at radius 3 is 2.27 bits per heavy atom. The minimum Gasteiger partial charge on any atom is -0.478 e. The minimum atomic E-state index is -3.06. The first kappa shape index (κ1) is 19.9. The lowest BCUT2D eigenvalue weighted by Gasteiger charge is -2.29. The third kappa shape index (κ3) is 5.55. The van der Waals surface area contributed by atoms with E-state index in [0.29, 0.717) is 6.42 Å². The number of nitrogens with zero attached hydrogens (tertiary/aromatic N) is 1. The molecule has 0 aromatic heterocycles. The fourth-order valence-corrected chi connectivity index (χ4v) is 3.86. The van der Waals surface area contributed by atoms with Crippen LogP contribution >= 0.6 is 0 Å². The Kier molecular flexibility index (Phi) is 6.36. The summed E-state index contributed by atoms with van der Waals surface area (Å²) in [7, 11) is -3.06. The molecule has 0 aliphatic carbocycles. The number of amides is 2. The molecule has 0 saturated carbocycles. The lowest BCUT2D eigenvalue weighted by molar-refractivity contribution is -0.135. The number of aryl methyl sites for hydroxylation is 1. The molecule has 0 radical (unpaired) electrons. The molecule has 142 valence electrons. The first-order valence-corrected chi connectivity index (χ1v) is 10.1. The van der Waals surface area contributed by atoms with E-state index in [4.69, 9.17) is 5.11 Å². The van der Waals surface area contributed by atoms with E-state index < -0.39 is 21.8 Å². The quantitative estimate of drug-likeness (QED) is 0.719. The lowest BCUT2D eigenvalue weighted by Crippen LogP contribution is -2.51. The van der Waals surface area contributed by atoms with Gasteiger partial charge in [0.05, 0.1) is 17.1 Å². The van der Waals surface area contributed by atoms with Gasteiger partial charge in [-0.05, 0) is 31.0 Å². The lowest BCUT2D eigenvalue weighted by atomic mass is 10.1. The largest absolute Gasteiger partial charge is 0.478 e. The third-order valence-corrected chi connectivity index (χ3v) is 5.85. The molecule has 1 heterocycles. The molecular formula is C17H22N2O6S. The van der Waals surface area contributed by atoms with Crippen molar-refractivity contribution >= 4 is 27.6 Å². The fourth-order valence-electron chi connectivity index (χ4n) is 2.65. The maximum absolute atomic E-state index is 12.3. The summed E-state index contributed by atoms with van der Waals surface area (Å²) in [6.07, 6.45) is 0.590. The molecule has 1 aliphatic rings. The molecule has 0 spiro atoms. The standard InChI is InChI=1S/C17H22N2O6S/c1-12(16(21)19-8-10-26(24,25)11-9-19)18-15(20)7-4-13-2-5-14(6-3-13)17(22)23/h2-3,5-6,12H,4,7-11H2,1H3,(H,18,20)(H,22,23). The van der Waals surface area contributed by atoms with Crippen molar-refractivity contribution in [2.24, 2.45) is 0 Å². The van der Waals surface area contributed by atoms with Crippen LogP contribution in [0.4, 0.5) is 0 Å². The van der Waals surface area contributed by atoms with E-state index >= 15 is 0 Å². The molecule has 0 bridgehead atoms. The number of hydrogen-bond acceptors (Lipinski definition) is 5. The number of carbonyl (C=O) groups excluding carboxylic acids is 2. The van der Waals surface area contributed by atoms with Gasteiger partial charge in [-0.25, -0.2) is 13.2 Å². The van der Waals surface area contributed by atoms with Gasteiger partial charge < -0.3 is 15.3 Å². The molecule has 1 unspecified atom stereocenters. The highest BCUT2D eigenvalue weighted by atomic mass is 32.2. The van der Waals surface area contributed by atoms with Gasteiger partial charge in [0.25, 0.3) is 0 Å². The van der Waals surface area contributed by atoms with E-state index in [-0.39, 0.29) is 48.4 Å². The topological polar surface area (TPSA) is 121 Å². The number of aromatic carboxylic acids is 1. The van der Waals surface area contributed by atoms with E-state index in [1.165, 1.54) is 17.0 Å². The summed E-state index contributed by atoms with van der Waals surface area (Å²) in [5.74, 6) is -1.69. The van der Waals surface area contributed by atoms with E-state index in [1.54, 1.807) is 19.1 Å². The van der Waals surface area contributed by atoms with Gasteiger partial charge in [0, 0.05) is 19.5 Å². The number of carbonyl (C=O) groups is 3. The predicted molar refractivity (Wildman–Crippen MR) is 94.6 cm³/mol. The molecule has 2 N–H and O–H groups in total.